The monoisotopic (exact) mass is 145 g/mol. The van der Waals surface area contributed by atoms with Crippen LogP contribution in [0.2, 0.25) is 0 Å². The van der Waals surface area contributed by atoms with E-state index in [2.05, 4.69) is 24.1 Å². The minimum absolute atomic E-state index is 0.694. The van der Waals surface area contributed by atoms with Crippen LogP contribution in [-0.4, -0.2) is 23.4 Å². The molecule has 0 N–H and O–H groups in total. The molecule has 1 atom stereocenters. The summed E-state index contributed by atoms with van der Waals surface area (Å²) in [5.74, 6) is 5.45. The van der Waals surface area contributed by atoms with Gasteiger partial charge in [-0.25, -0.2) is 0 Å². The zero-order valence-corrected chi connectivity index (χ0v) is 7.08. The van der Waals surface area contributed by atoms with Gasteiger partial charge in [0, 0.05) is 17.5 Å². The molecular formula is C7H15NS. The Bertz CT molecular complexity index is 197. The minimum atomic E-state index is -0.745. The quantitative estimate of drug-likeness (QED) is 0.497. The second-order valence-corrected chi connectivity index (χ2v) is 6.27. The molecule has 0 saturated carbocycles. The molecule has 0 aromatic carbocycles. The molecule has 1 nitrogen and oxygen atoms in total. The van der Waals surface area contributed by atoms with Crippen molar-refractivity contribution in [1.29, 1.82) is 0 Å². The van der Waals surface area contributed by atoms with Crippen LogP contribution in [0.25, 0.3) is 0 Å². The normalized spacial score (nSPS) is 35.0. The van der Waals surface area contributed by atoms with Gasteiger partial charge in [0.25, 0.3) is 0 Å². The summed E-state index contributed by atoms with van der Waals surface area (Å²) in [4.78, 5) is 0. The van der Waals surface area contributed by atoms with Crippen molar-refractivity contribution in [2.75, 3.05) is 12.3 Å². The molecule has 0 radical (unpaired) electrons. The molecule has 1 unspecified atom stereocenters. The van der Waals surface area contributed by atoms with Crippen LogP contribution in [0.5, 0.6) is 0 Å². The van der Waals surface area contributed by atoms with Crippen LogP contribution >= 0.6 is 0 Å². The number of hydrogen-bond donors (Lipinski definition) is 0. The predicted molar refractivity (Wildman–Crippen MR) is 46.4 cm³/mol. The summed E-state index contributed by atoms with van der Waals surface area (Å²) < 4.78 is 4.54. The van der Waals surface area contributed by atoms with E-state index in [9.17, 15) is 0 Å². The number of hydrogen-bond acceptors (Lipinski definition) is 1. The Morgan fingerprint density at radius 3 is 2.44 bits per heavy atom. The smallest absolute Gasteiger partial charge is 0.0460 e. The third kappa shape index (κ3) is 1.29. The van der Waals surface area contributed by atoms with Crippen molar-refractivity contribution in [3.05, 3.63) is 0 Å². The lowest BCUT2D eigenvalue weighted by molar-refractivity contribution is 0.993. The topological polar surface area (TPSA) is 12.4 Å². The van der Waals surface area contributed by atoms with Gasteiger partial charge < -0.3 is 0 Å². The molecular weight excluding hydrogens is 130 g/mol. The summed E-state index contributed by atoms with van der Waals surface area (Å²) in [7, 11) is -0.745. The second kappa shape index (κ2) is 2.33. The summed E-state index contributed by atoms with van der Waals surface area (Å²) in [6.07, 6.45) is 1.27. The van der Waals surface area contributed by atoms with Gasteiger partial charge >= 0.3 is 0 Å². The molecule has 1 rings (SSSR count). The van der Waals surface area contributed by atoms with Gasteiger partial charge in [0.1, 0.15) is 0 Å². The van der Waals surface area contributed by atoms with Crippen LogP contribution < -0.4 is 0 Å². The van der Waals surface area contributed by atoms with Crippen molar-refractivity contribution in [1.82, 2.24) is 0 Å². The van der Waals surface area contributed by atoms with Crippen molar-refractivity contribution in [2.24, 2.45) is 4.36 Å². The Labute approximate surface area is 58.1 Å². The van der Waals surface area contributed by atoms with Crippen molar-refractivity contribution in [3.8, 4) is 0 Å². The first kappa shape index (κ1) is 7.13. The van der Waals surface area contributed by atoms with E-state index < -0.39 is 9.41 Å². The Morgan fingerprint density at radius 1 is 1.56 bits per heavy atom. The van der Waals surface area contributed by atoms with Crippen LogP contribution in [0.15, 0.2) is 4.36 Å². The van der Waals surface area contributed by atoms with Crippen molar-refractivity contribution >= 4 is 15.3 Å². The molecule has 1 heterocycles. The fraction of sp³-hybridized carbons (Fsp3) is 0.857. The first-order valence-electron chi connectivity index (χ1n) is 3.47. The van der Waals surface area contributed by atoms with Gasteiger partial charge in [-0.3, -0.25) is 4.36 Å². The van der Waals surface area contributed by atoms with Crippen molar-refractivity contribution in [3.63, 3.8) is 0 Å². The minimum Gasteiger partial charge on any atom is -0.271 e. The molecule has 2 heteroatoms. The average molecular weight is 145 g/mol. The molecule has 54 valence electrons. The zero-order valence-electron chi connectivity index (χ0n) is 6.26. The fourth-order valence-corrected chi connectivity index (χ4v) is 3.03. The highest BCUT2D eigenvalue weighted by atomic mass is 32.2. The maximum Gasteiger partial charge on any atom is 0.0460 e. The Morgan fingerprint density at radius 2 is 2.22 bits per heavy atom. The summed E-state index contributed by atoms with van der Waals surface area (Å²) in [5, 5.41) is 0.694. The van der Waals surface area contributed by atoms with Gasteiger partial charge in [-0.1, -0.05) is 19.7 Å². The van der Waals surface area contributed by atoms with Gasteiger partial charge in [0.2, 0.25) is 0 Å². The molecule has 0 spiro atoms. The van der Waals surface area contributed by atoms with E-state index in [-0.39, 0.29) is 0 Å². The Kier molecular flexibility index (Phi) is 1.85. The van der Waals surface area contributed by atoms with Crippen LogP contribution in [0.1, 0.15) is 20.3 Å². The van der Waals surface area contributed by atoms with Gasteiger partial charge in [0.05, 0.1) is 0 Å². The second-order valence-electron chi connectivity index (χ2n) is 2.86. The largest absolute Gasteiger partial charge is 0.271 e. The molecule has 0 saturated heterocycles. The molecule has 9 heavy (non-hydrogen) atoms. The zero-order chi connectivity index (χ0) is 6.91. The standard InChI is InChI=1S/C7H15NS/c1-7(2)9(3)6-4-5-8-9/h7H,3-6H2,1-2H3. The van der Waals surface area contributed by atoms with E-state index in [1.807, 2.05) is 0 Å². The molecule has 0 aromatic heterocycles. The molecule has 0 bridgehead atoms. The Balaban J connectivity index is 2.86. The molecule has 0 aromatic rings. The summed E-state index contributed by atoms with van der Waals surface area (Å²) in [5.41, 5.74) is 0. The summed E-state index contributed by atoms with van der Waals surface area (Å²) in [6, 6.07) is 0. The van der Waals surface area contributed by atoms with E-state index in [0.29, 0.717) is 5.25 Å². The molecule has 1 aliphatic heterocycles. The van der Waals surface area contributed by atoms with Crippen LogP contribution in [-0.2, 0) is 9.41 Å². The van der Waals surface area contributed by atoms with E-state index in [0.717, 1.165) is 6.54 Å². The molecule has 0 amide bonds. The highest BCUT2D eigenvalue weighted by Crippen LogP contribution is 2.13. The van der Waals surface area contributed by atoms with Crippen LogP contribution in [0.3, 0.4) is 0 Å². The highest BCUT2D eigenvalue weighted by Gasteiger charge is 2.11. The summed E-state index contributed by atoms with van der Waals surface area (Å²) in [6.45, 7) is 5.53. The van der Waals surface area contributed by atoms with Gasteiger partial charge in [0.15, 0.2) is 0 Å². The van der Waals surface area contributed by atoms with E-state index in [1.165, 1.54) is 12.2 Å². The lowest BCUT2D eigenvalue weighted by atomic mass is 10.5. The summed E-state index contributed by atoms with van der Waals surface area (Å²) >= 11 is 0. The number of rotatable bonds is 1. The number of nitrogens with zero attached hydrogens (tertiary/aromatic N) is 1. The van der Waals surface area contributed by atoms with E-state index >= 15 is 0 Å². The fourth-order valence-electron chi connectivity index (χ4n) is 1.01. The average Bonchev–Trinajstić information content (AvgIpc) is 2.16. The highest BCUT2D eigenvalue weighted by molar-refractivity contribution is 8.03. The molecule has 1 aliphatic rings. The van der Waals surface area contributed by atoms with Crippen LogP contribution in [0.4, 0.5) is 0 Å². The van der Waals surface area contributed by atoms with Crippen molar-refractivity contribution in [2.45, 2.75) is 25.5 Å². The van der Waals surface area contributed by atoms with Gasteiger partial charge in [-0.2, -0.15) is 0 Å². The third-order valence-electron chi connectivity index (χ3n) is 1.88. The lowest BCUT2D eigenvalue weighted by Crippen LogP contribution is -2.12. The van der Waals surface area contributed by atoms with E-state index in [1.54, 1.807) is 0 Å². The van der Waals surface area contributed by atoms with Gasteiger partial charge in [-0.05, 0) is 6.42 Å². The maximum atomic E-state index is 4.54. The third-order valence-corrected chi connectivity index (χ3v) is 5.33. The lowest BCUT2D eigenvalue weighted by Gasteiger charge is -2.12. The molecule has 0 aliphatic carbocycles. The predicted octanol–water partition coefficient (Wildman–Crippen LogP) is 1.57. The SMILES string of the molecule is C=S1(C(C)C)=NCCC1. The first-order valence-corrected chi connectivity index (χ1v) is 5.46. The maximum absolute atomic E-state index is 4.54. The Hall–Kier alpha value is 0.0200. The van der Waals surface area contributed by atoms with Gasteiger partial charge in [-0.15, -0.1) is 9.41 Å². The van der Waals surface area contributed by atoms with Crippen molar-refractivity contribution < 1.29 is 0 Å². The molecule has 0 fully saturated rings. The van der Waals surface area contributed by atoms with E-state index in [4.69, 9.17) is 0 Å². The first-order chi connectivity index (χ1) is 4.15. The van der Waals surface area contributed by atoms with Crippen LogP contribution in [0, 0.1) is 0 Å².